The van der Waals surface area contributed by atoms with Crippen molar-refractivity contribution in [3.63, 3.8) is 0 Å². The molecule has 0 fully saturated rings. The number of carbonyl (C=O) groups is 2. The van der Waals surface area contributed by atoms with Crippen LogP contribution >= 0.6 is 0 Å². The van der Waals surface area contributed by atoms with Gasteiger partial charge in [0.25, 0.3) is 0 Å². The molecule has 0 bridgehead atoms. The van der Waals surface area contributed by atoms with Crippen LogP contribution in [-0.4, -0.2) is 25.8 Å². The van der Waals surface area contributed by atoms with Crippen LogP contribution in [0.4, 0.5) is 0 Å². The zero-order chi connectivity index (χ0) is 18.4. The first kappa shape index (κ1) is 16.8. The van der Waals surface area contributed by atoms with E-state index in [1.54, 1.807) is 25.3 Å². The van der Waals surface area contributed by atoms with Crippen LogP contribution in [0.5, 0.6) is 11.5 Å². The van der Waals surface area contributed by atoms with Crippen molar-refractivity contribution in [2.24, 2.45) is 5.92 Å². The average Bonchev–Trinajstić information content (AvgIpc) is 2.69. The molecule has 1 atom stereocenters. The van der Waals surface area contributed by atoms with E-state index in [9.17, 15) is 9.59 Å². The second kappa shape index (κ2) is 6.27. The van der Waals surface area contributed by atoms with Gasteiger partial charge in [-0.3, -0.25) is 9.59 Å². The first-order chi connectivity index (χ1) is 12.6. The maximum atomic E-state index is 13.3. The zero-order valence-electron chi connectivity index (χ0n) is 15.3. The fraction of sp³-hybridized carbons (Fsp3) is 0.364. The molecule has 4 nitrogen and oxygen atoms in total. The lowest BCUT2D eigenvalue weighted by molar-refractivity contribution is 0.0972. The minimum atomic E-state index is -0.190. The summed E-state index contributed by atoms with van der Waals surface area (Å²) in [6, 6.07) is 7.14. The molecule has 0 radical (unpaired) electrons. The molecule has 2 aromatic carbocycles. The van der Waals surface area contributed by atoms with Gasteiger partial charge in [-0.1, -0.05) is 25.5 Å². The average molecular weight is 350 g/mol. The Hall–Kier alpha value is -2.62. The second-order valence-corrected chi connectivity index (χ2v) is 7.02. The van der Waals surface area contributed by atoms with E-state index in [1.165, 1.54) is 7.11 Å². The summed E-state index contributed by atoms with van der Waals surface area (Å²) in [5.74, 6) is 1.25. The summed E-state index contributed by atoms with van der Waals surface area (Å²) in [4.78, 5) is 26.7. The summed E-state index contributed by atoms with van der Waals surface area (Å²) in [6.45, 7) is 2.20. The zero-order valence-corrected chi connectivity index (χ0v) is 15.3. The second-order valence-electron chi connectivity index (χ2n) is 7.02. The van der Waals surface area contributed by atoms with Gasteiger partial charge in [-0.05, 0) is 48.4 Å². The molecular weight excluding hydrogens is 328 g/mol. The summed E-state index contributed by atoms with van der Waals surface area (Å²) in [6.07, 6.45) is 3.93. The minimum absolute atomic E-state index is 0.0985. The molecule has 4 rings (SSSR count). The summed E-state index contributed by atoms with van der Waals surface area (Å²) in [7, 11) is 3.06. The molecule has 26 heavy (non-hydrogen) atoms. The largest absolute Gasteiger partial charge is 0.496 e. The van der Waals surface area contributed by atoms with Crippen LogP contribution in [0, 0.1) is 5.92 Å². The summed E-state index contributed by atoms with van der Waals surface area (Å²) >= 11 is 0. The third-order valence-corrected chi connectivity index (χ3v) is 5.77. The monoisotopic (exact) mass is 350 g/mol. The van der Waals surface area contributed by atoms with Crippen molar-refractivity contribution >= 4 is 11.6 Å². The fourth-order valence-electron chi connectivity index (χ4n) is 4.35. The minimum Gasteiger partial charge on any atom is -0.496 e. The Labute approximate surface area is 153 Å². The van der Waals surface area contributed by atoms with Crippen molar-refractivity contribution in [1.29, 1.82) is 0 Å². The topological polar surface area (TPSA) is 52.6 Å². The molecule has 4 heteroatoms. The van der Waals surface area contributed by atoms with Crippen molar-refractivity contribution < 1.29 is 19.1 Å². The van der Waals surface area contributed by atoms with Crippen molar-refractivity contribution in [3.05, 3.63) is 57.6 Å². The van der Waals surface area contributed by atoms with Crippen LogP contribution in [0.15, 0.2) is 24.3 Å². The van der Waals surface area contributed by atoms with Crippen LogP contribution in [-0.2, 0) is 12.8 Å². The van der Waals surface area contributed by atoms with Crippen LogP contribution in [0.3, 0.4) is 0 Å². The molecule has 0 heterocycles. The summed E-state index contributed by atoms with van der Waals surface area (Å²) in [5.41, 5.74) is 3.87. The molecule has 2 aliphatic rings. The van der Waals surface area contributed by atoms with E-state index < -0.39 is 0 Å². The smallest absolute Gasteiger partial charge is 0.201 e. The van der Waals surface area contributed by atoms with Gasteiger partial charge < -0.3 is 9.47 Å². The van der Waals surface area contributed by atoms with Crippen LogP contribution < -0.4 is 9.47 Å². The van der Waals surface area contributed by atoms with E-state index in [1.807, 2.05) is 6.07 Å². The van der Waals surface area contributed by atoms with Gasteiger partial charge in [-0.25, -0.2) is 0 Å². The van der Waals surface area contributed by atoms with Gasteiger partial charge in [0.2, 0.25) is 5.78 Å². The molecule has 2 aromatic rings. The van der Waals surface area contributed by atoms with Gasteiger partial charge in [0.1, 0.15) is 11.5 Å². The van der Waals surface area contributed by atoms with Gasteiger partial charge in [-0.15, -0.1) is 0 Å². The third-order valence-electron chi connectivity index (χ3n) is 5.77. The van der Waals surface area contributed by atoms with Gasteiger partial charge in [-0.2, -0.15) is 0 Å². The van der Waals surface area contributed by atoms with Crippen LogP contribution in [0.25, 0.3) is 0 Å². The standard InChI is InChI=1S/C22H22O4/c1-4-12-8-9-14-13(10-12)11-17(26-3)20-19(14)21(23)15-6-5-7-16(25-2)18(15)22(20)24/h5-7,11-12H,4,8-10H2,1-3H3. The van der Waals surface area contributed by atoms with Crippen LogP contribution in [0.1, 0.15) is 62.7 Å². The highest BCUT2D eigenvalue weighted by atomic mass is 16.5. The molecule has 1 unspecified atom stereocenters. The number of carbonyl (C=O) groups excluding carboxylic acids is 2. The molecular formula is C22H22O4. The van der Waals surface area contributed by atoms with Crippen molar-refractivity contribution in [2.45, 2.75) is 32.6 Å². The first-order valence-corrected chi connectivity index (χ1v) is 9.09. The molecule has 0 N–H and O–H groups in total. The lowest BCUT2D eigenvalue weighted by Gasteiger charge is -2.30. The van der Waals surface area contributed by atoms with E-state index in [2.05, 4.69) is 6.92 Å². The van der Waals surface area contributed by atoms with Crippen molar-refractivity contribution in [1.82, 2.24) is 0 Å². The Bertz CT molecular complexity index is 926. The van der Waals surface area contributed by atoms with Crippen molar-refractivity contribution in [2.75, 3.05) is 14.2 Å². The predicted molar refractivity (Wildman–Crippen MR) is 98.7 cm³/mol. The highest BCUT2D eigenvalue weighted by Gasteiger charge is 2.38. The maximum absolute atomic E-state index is 13.3. The number of benzene rings is 2. The van der Waals surface area contributed by atoms with E-state index in [0.717, 1.165) is 36.8 Å². The number of fused-ring (bicyclic) bond motifs is 4. The molecule has 2 aliphatic carbocycles. The van der Waals surface area contributed by atoms with E-state index in [0.29, 0.717) is 39.7 Å². The number of ether oxygens (including phenoxy) is 2. The third kappa shape index (κ3) is 2.28. The first-order valence-electron chi connectivity index (χ1n) is 9.09. The SMILES string of the molecule is CCC1CCc2c(cc(OC)c3c2C(=O)c2cccc(OC)c2C3=O)C1. The number of hydrogen-bond acceptors (Lipinski definition) is 4. The Morgan fingerprint density at radius 2 is 1.77 bits per heavy atom. The molecule has 0 amide bonds. The Kier molecular flexibility index (Phi) is 4.06. The van der Waals surface area contributed by atoms with E-state index in [-0.39, 0.29) is 11.6 Å². The Morgan fingerprint density at radius 1 is 1.00 bits per heavy atom. The molecule has 0 saturated heterocycles. The number of hydrogen-bond donors (Lipinski definition) is 0. The number of methoxy groups -OCH3 is 2. The summed E-state index contributed by atoms with van der Waals surface area (Å²) in [5, 5.41) is 0. The number of rotatable bonds is 3. The quantitative estimate of drug-likeness (QED) is 0.717. The maximum Gasteiger partial charge on any atom is 0.201 e. The molecule has 0 aromatic heterocycles. The molecule has 0 aliphatic heterocycles. The van der Waals surface area contributed by atoms with E-state index in [4.69, 9.17) is 9.47 Å². The van der Waals surface area contributed by atoms with Crippen LogP contribution in [0.2, 0.25) is 0 Å². The van der Waals surface area contributed by atoms with Gasteiger partial charge >= 0.3 is 0 Å². The van der Waals surface area contributed by atoms with Gasteiger partial charge in [0, 0.05) is 11.1 Å². The number of ketones is 2. The molecule has 134 valence electrons. The molecule has 0 spiro atoms. The fourth-order valence-corrected chi connectivity index (χ4v) is 4.35. The Morgan fingerprint density at radius 3 is 2.46 bits per heavy atom. The van der Waals surface area contributed by atoms with E-state index >= 15 is 0 Å². The van der Waals surface area contributed by atoms with Gasteiger partial charge in [0.05, 0.1) is 25.3 Å². The lowest BCUT2D eigenvalue weighted by atomic mass is 9.74. The highest BCUT2D eigenvalue weighted by Crippen LogP contribution is 2.42. The lowest BCUT2D eigenvalue weighted by Crippen LogP contribution is -2.27. The van der Waals surface area contributed by atoms with Gasteiger partial charge in [0.15, 0.2) is 5.78 Å². The normalized spacial score (nSPS) is 18.0. The highest BCUT2D eigenvalue weighted by molar-refractivity contribution is 6.30. The predicted octanol–water partition coefficient (Wildman–Crippen LogP) is 3.99. The molecule has 0 saturated carbocycles. The summed E-state index contributed by atoms with van der Waals surface area (Å²) < 4.78 is 10.9. The Balaban J connectivity index is 1.99. The van der Waals surface area contributed by atoms with Crippen molar-refractivity contribution in [3.8, 4) is 11.5 Å².